The number of rotatable bonds is 3. The van der Waals surface area contributed by atoms with Crippen LogP contribution < -0.4 is 5.14 Å². The molecule has 0 aliphatic rings. The highest BCUT2D eigenvalue weighted by atomic mass is 32.2. The van der Waals surface area contributed by atoms with Crippen LogP contribution in [0.5, 0.6) is 0 Å². The van der Waals surface area contributed by atoms with Gasteiger partial charge in [-0.25, -0.2) is 18.5 Å². The smallest absolute Gasteiger partial charge is 0.238 e. The van der Waals surface area contributed by atoms with Crippen LogP contribution in [0.15, 0.2) is 53.9 Å². The third kappa shape index (κ3) is 2.86. The number of fused-ring (bicyclic) bond motifs is 3. The van der Waals surface area contributed by atoms with E-state index in [2.05, 4.69) is 15.0 Å². The van der Waals surface area contributed by atoms with E-state index in [1.807, 2.05) is 23.8 Å². The average molecular weight is 353 g/mol. The topological polar surface area (TPSA) is 104 Å². The molecule has 0 atom stereocenters. The Balaban J connectivity index is 1.79. The maximum absolute atomic E-state index is 11.4. The van der Waals surface area contributed by atoms with Gasteiger partial charge in [0.25, 0.3) is 0 Å². The van der Waals surface area contributed by atoms with Crippen molar-refractivity contribution < 1.29 is 8.42 Å². The van der Waals surface area contributed by atoms with E-state index in [-0.39, 0.29) is 4.90 Å². The molecule has 0 aliphatic heterocycles. The number of primary sulfonamides is 1. The first-order valence-electron chi connectivity index (χ1n) is 7.60. The second kappa shape index (κ2) is 5.61. The van der Waals surface area contributed by atoms with Gasteiger partial charge in [-0.2, -0.15) is 0 Å². The highest BCUT2D eigenvalue weighted by Gasteiger charge is 2.11. The molecular weight excluding hydrogens is 338 g/mol. The highest BCUT2D eigenvalue weighted by Crippen LogP contribution is 2.22. The van der Waals surface area contributed by atoms with Crippen molar-refractivity contribution in [1.82, 2.24) is 19.5 Å². The summed E-state index contributed by atoms with van der Waals surface area (Å²) < 4.78 is 24.7. The lowest BCUT2D eigenvalue weighted by molar-refractivity contribution is 0.597. The first-order valence-corrected chi connectivity index (χ1v) is 9.14. The number of pyridine rings is 2. The van der Waals surface area contributed by atoms with Crippen molar-refractivity contribution in [2.75, 3.05) is 0 Å². The molecule has 0 aliphatic carbocycles. The zero-order valence-corrected chi connectivity index (χ0v) is 14.2. The first kappa shape index (κ1) is 15.7. The number of aryl methyl sites for hydroxylation is 1. The Kier molecular flexibility index (Phi) is 3.52. The Morgan fingerprint density at radius 2 is 1.80 bits per heavy atom. The molecule has 4 aromatic rings. The molecule has 0 bridgehead atoms. The van der Waals surface area contributed by atoms with E-state index in [1.54, 1.807) is 24.7 Å². The lowest BCUT2D eigenvalue weighted by atomic mass is 10.2. The first-order chi connectivity index (χ1) is 11.9. The summed E-state index contributed by atoms with van der Waals surface area (Å²) in [5, 5.41) is 5.13. The van der Waals surface area contributed by atoms with Crippen molar-refractivity contribution in [2.45, 2.75) is 18.4 Å². The Labute approximate surface area is 144 Å². The van der Waals surface area contributed by atoms with Crippen molar-refractivity contribution in [2.24, 2.45) is 5.14 Å². The number of hydrogen-bond acceptors (Lipinski definition) is 5. The molecule has 0 saturated heterocycles. The second-order valence-electron chi connectivity index (χ2n) is 5.93. The van der Waals surface area contributed by atoms with Crippen LogP contribution >= 0.6 is 0 Å². The summed E-state index contributed by atoms with van der Waals surface area (Å²) in [7, 11) is -3.69. The molecule has 3 heterocycles. The largest absolute Gasteiger partial charge is 0.324 e. The number of imidazole rings is 1. The van der Waals surface area contributed by atoms with Gasteiger partial charge < -0.3 is 4.57 Å². The summed E-state index contributed by atoms with van der Waals surface area (Å²) in [4.78, 5) is 13.4. The van der Waals surface area contributed by atoms with Gasteiger partial charge in [0.1, 0.15) is 11.0 Å². The standard InChI is InChI=1S/C17H15N5O2S/c1-11-6-14-16(20-7-11)17-15(8-19-14)21-10-22(17)9-12-2-4-13(5-3-12)25(18,23)24/h2-8,10H,9H2,1H3,(H2,18,23,24). The normalized spacial score (nSPS) is 12.1. The summed E-state index contributed by atoms with van der Waals surface area (Å²) in [6, 6.07) is 8.48. The predicted octanol–water partition coefficient (Wildman–Crippen LogP) is 1.98. The number of hydrogen-bond donors (Lipinski definition) is 1. The summed E-state index contributed by atoms with van der Waals surface area (Å²) in [5.41, 5.74) is 5.26. The van der Waals surface area contributed by atoms with Crippen LogP contribution in [0.1, 0.15) is 11.1 Å². The minimum Gasteiger partial charge on any atom is -0.324 e. The van der Waals surface area contributed by atoms with Gasteiger partial charge in [-0.15, -0.1) is 0 Å². The fourth-order valence-corrected chi connectivity index (χ4v) is 3.33. The van der Waals surface area contributed by atoms with Gasteiger partial charge in [0, 0.05) is 12.7 Å². The molecule has 3 aromatic heterocycles. The summed E-state index contributed by atoms with van der Waals surface area (Å²) in [5.74, 6) is 0. The van der Waals surface area contributed by atoms with Crippen LogP contribution in [0, 0.1) is 6.92 Å². The molecule has 25 heavy (non-hydrogen) atoms. The SMILES string of the molecule is Cc1cnc2c(c1)ncc1ncn(Cc3ccc(S(N)(=O)=O)cc3)c12. The zero-order chi connectivity index (χ0) is 17.6. The quantitative estimate of drug-likeness (QED) is 0.606. The summed E-state index contributed by atoms with van der Waals surface area (Å²) in [6.45, 7) is 2.51. The molecule has 0 radical (unpaired) electrons. The van der Waals surface area contributed by atoms with Gasteiger partial charge >= 0.3 is 0 Å². The summed E-state index contributed by atoms with van der Waals surface area (Å²) in [6.07, 6.45) is 5.28. The molecule has 126 valence electrons. The molecule has 8 heteroatoms. The molecule has 0 spiro atoms. The van der Waals surface area contributed by atoms with E-state index in [9.17, 15) is 8.42 Å². The summed E-state index contributed by atoms with van der Waals surface area (Å²) >= 11 is 0. The lowest BCUT2D eigenvalue weighted by Gasteiger charge is -2.07. The Morgan fingerprint density at radius 3 is 2.52 bits per heavy atom. The third-order valence-corrected chi connectivity index (χ3v) is 4.95. The van der Waals surface area contributed by atoms with Crippen LogP contribution in [0.25, 0.3) is 22.1 Å². The van der Waals surface area contributed by atoms with Crippen molar-refractivity contribution in [3.63, 3.8) is 0 Å². The average Bonchev–Trinajstić information content (AvgIpc) is 2.97. The minimum atomic E-state index is -3.69. The van der Waals surface area contributed by atoms with Crippen LogP contribution in [0.3, 0.4) is 0 Å². The molecule has 1 aromatic carbocycles. The van der Waals surface area contributed by atoms with Crippen LogP contribution in [0.4, 0.5) is 0 Å². The fraction of sp³-hybridized carbons (Fsp3) is 0.118. The van der Waals surface area contributed by atoms with Crippen LogP contribution in [-0.2, 0) is 16.6 Å². The van der Waals surface area contributed by atoms with Crippen molar-refractivity contribution in [3.05, 3.63) is 60.2 Å². The van der Waals surface area contributed by atoms with Gasteiger partial charge in [-0.1, -0.05) is 12.1 Å². The maximum atomic E-state index is 11.4. The number of sulfonamides is 1. The van der Waals surface area contributed by atoms with Gasteiger partial charge in [0.05, 0.1) is 28.5 Å². The second-order valence-corrected chi connectivity index (χ2v) is 7.50. The van der Waals surface area contributed by atoms with E-state index in [1.165, 1.54) is 12.1 Å². The lowest BCUT2D eigenvalue weighted by Crippen LogP contribution is -2.12. The molecule has 0 saturated carbocycles. The fourth-order valence-electron chi connectivity index (χ4n) is 2.82. The van der Waals surface area contributed by atoms with Crippen LogP contribution in [0.2, 0.25) is 0 Å². The molecular formula is C17H15N5O2S. The van der Waals surface area contributed by atoms with E-state index in [0.717, 1.165) is 33.2 Å². The molecule has 2 N–H and O–H groups in total. The molecule has 4 rings (SSSR count). The van der Waals surface area contributed by atoms with Gasteiger partial charge in [0.15, 0.2) is 0 Å². The zero-order valence-electron chi connectivity index (χ0n) is 13.4. The van der Waals surface area contributed by atoms with Crippen molar-refractivity contribution in [1.29, 1.82) is 0 Å². The van der Waals surface area contributed by atoms with Crippen LogP contribution in [-0.4, -0.2) is 27.9 Å². The number of nitrogens with zero attached hydrogens (tertiary/aromatic N) is 4. The Bertz CT molecular complexity index is 1200. The van der Waals surface area contributed by atoms with E-state index in [0.29, 0.717) is 6.54 Å². The van der Waals surface area contributed by atoms with Gasteiger partial charge in [-0.05, 0) is 36.2 Å². The van der Waals surface area contributed by atoms with E-state index >= 15 is 0 Å². The Hall–Kier alpha value is -2.84. The monoisotopic (exact) mass is 353 g/mol. The molecule has 0 amide bonds. The highest BCUT2D eigenvalue weighted by molar-refractivity contribution is 7.89. The van der Waals surface area contributed by atoms with E-state index in [4.69, 9.17) is 5.14 Å². The number of nitrogens with two attached hydrogens (primary N) is 1. The third-order valence-electron chi connectivity index (χ3n) is 4.03. The molecule has 0 unspecified atom stereocenters. The van der Waals surface area contributed by atoms with Crippen molar-refractivity contribution in [3.8, 4) is 0 Å². The van der Waals surface area contributed by atoms with Crippen molar-refractivity contribution >= 4 is 32.1 Å². The number of benzene rings is 1. The molecule has 0 fully saturated rings. The molecule has 7 nitrogen and oxygen atoms in total. The van der Waals surface area contributed by atoms with Gasteiger partial charge in [-0.3, -0.25) is 9.97 Å². The number of aromatic nitrogens is 4. The Morgan fingerprint density at radius 1 is 1.04 bits per heavy atom. The predicted molar refractivity (Wildman–Crippen MR) is 94.5 cm³/mol. The maximum Gasteiger partial charge on any atom is 0.238 e. The van der Waals surface area contributed by atoms with Gasteiger partial charge in [0.2, 0.25) is 10.0 Å². The minimum absolute atomic E-state index is 0.0959. The van der Waals surface area contributed by atoms with E-state index < -0.39 is 10.0 Å².